The van der Waals surface area contributed by atoms with Crippen LogP contribution in [0.2, 0.25) is 0 Å². The topological polar surface area (TPSA) is 22.0 Å². The summed E-state index contributed by atoms with van der Waals surface area (Å²) >= 11 is 0. The second-order valence-corrected chi connectivity index (χ2v) is 5.46. The molecule has 0 bridgehead atoms. The van der Waals surface area contributed by atoms with E-state index in [4.69, 9.17) is 0 Å². The van der Waals surface area contributed by atoms with Crippen LogP contribution in [-0.2, 0) is 6.32 Å². The van der Waals surface area contributed by atoms with E-state index >= 15 is 0 Å². The highest BCUT2D eigenvalue weighted by Crippen LogP contribution is 2.20. The monoisotopic (exact) mass is 275 g/mol. The minimum atomic E-state index is 0.0803. The molecule has 0 aliphatic carbocycles. The first-order valence-corrected chi connectivity index (χ1v) is 7.33. The van der Waals surface area contributed by atoms with Gasteiger partial charge in [0.25, 0.3) is 5.56 Å². The van der Waals surface area contributed by atoms with Crippen molar-refractivity contribution in [1.29, 1.82) is 0 Å². The second-order valence-electron chi connectivity index (χ2n) is 5.46. The molecule has 104 valence electrons. The number of aromatic nitrogens is 1. The van der Waals surface area contributed by atoms with Crippen molar-refractivity contribution in [2.75, 3.05) is 0 Å². The molecule has 2 nitrogen and oxygen atoms in total. The Labute approximate surface area is 125 Å². The zero-order chi connectivity index (χ0) is 15.0. The summed E-state index contributed by atoms with van der Waals surface area (Å²) in [7, 11) is 2.09. The highest BCUT2D eigenvalue weighted by molar-refractivity contribution is 6.08. The molecule has 0 unspecified atom stereocenters. The predicted molar refractivity (Wildman–Crippen MR) is 91.3 cm³/mol. The van der Waals surface area contributed by atoms with Crippen molar-refractivity contribution in [2.45, 2.75) is 20.2 Å². The molecule has 0 N–H and O–H groups in total. The second kappa shape index (κ2) is 5.25. The molecule has 0 saturated heterocycles. The number of hydrogen-bond donors (Lipinski definition) is 0. The molecule has 3 heteroatoms. The largest absolute Gasteiger partial charge is 0.281 e. The molecule has 0 aliphatic heterocycles. The van der Waals surface area contributed by atoms with E-state index in [0.717, 1.165) is 39.6 Å². The van der Waals surface area contributed by atoms with Gasteiger partial charge in [-0.1, -0.05) is 36.4 Å². The van der Waals surface area contributed by atoms with E-state index in [1.54, 1.807) is 0 Å². The lowest BCUT2D eigenvalue weighted by atomic mass is 9.97. The molecule has 0 saturated carbocycles. The smallest absolute Gasteiger partial charge is 0.263 e. The SMILES string of the molecule is BCc1cc2cccc(C)c2c(=O)n1-c1ccccc1C. The fraction of sp³-hybridized carbons (Fsp3) is 0.167. The molecule has 3 aromatic rings. The van der Waals surface area contributed by atoms with Gasteiger partial charge in [0, 0.05) is 5.69 Å². The molecule has 0 atom stereocenters. The van der Waals surface area contributed by atoms with Crippen LogP contribution in [-0.4, -0.2) is 12.4 Å². The van der Waals surface area contributed by atoms with Gasteiger partial charge >= 0.3 is 0 Å². The summed E-state index contributed by atoms with van der Waals surface area (Å²) in [6.07, 6.45) is 0.827. The first-order valence-electron chi connectivity index (χ1n) is 7.33. The van der Waals surface area contributed by atoms with E-state index in [1.165, 1.54) is 0 Å². The molecular weight excluding hydrogens is 257 g/mol. The number of rotatable bonds is 2. The Balaban J connectivity index is 2.48. The van der Waals surface area contributed by atoms with E-state index < -0.39 is 0 Å². The number of aryl methyl sites for hydroxylation is 2. The molecule has 1 heterocycles. The molecule has 21 heavy (non-hydrogen) atoms. The number of para-hydroxylation sites is 1. The third kappa shape index (κ3) is 2.19. The Morgan fingerprint density at radius 3 is 2.43 bits per heavy atom. The van der Waals surface area contributed by atoms with Gasteiger partial charge in [0.1, 0.15) is 7.85 Å². The summed E-state index contributed by atoms with van der Waals surface area (Å²) < 4.78 is 1.87. The van der Waals surface area contributed by atoms with Gasteiger partial charge in [0.15, 0.2) is 0 Å². The summed E-state index contributed by atoms with van der Waals surface area (Å²) in [5.74, 6) is 0. The average molecular weight is 275 g/mol. The van der Waals surface area contributed by atoms with Crippen molar-refractivity contribution in [2.24, 2.45) is 0 Å². The van der Waals surface area contributed by atoms with Crippen LogP contribution in [0.3, 0.4) is 0 Å². The predicted octanol–water partition coefficient (Wildman–Crippen LogP) is 2.74. The Morgan fingerprint density at radius 2 is 1.71 bits per heavy atom. The molecular formula is C18H18BNO. The molecule has 3 rings (SSSR count). The number of hydrogen-bond acceptors (Lipinski definition) is 1. The Kier molecular flexibility index (Phi) is 3.42. The van der Waals surface area contributed by atoms with Gasteiger partial charge in [0.05, 0.1) is 11.1 Å². The summed E-state index contributed by atoms with van der Waals surface area (Å²) in [6, 6.07) is 16.2. The van der Waals surface area contributed by atoms with Crippen LogP contribution in [0.15, 0.2) is 53.3 Å². The van der Waals surface area contributed by atoms with E-state index in [9.17, 15) is 4.79 Å². The maximum absolute atomic E-state index is 13.0. The van der Waals surface area contributed by atoms with Gasteiger partial charge in [-0.25, -0.2) is 0 Å². The Bertz CT molecular complexity index is 880. The third-order valence-corrected chi connectivity index (χ3v) is 4.05. The van der Waals surface area contributed by atoms with Crippen LogP contribution in [0.5, 0.6) is 0 Å². The van der Waals surface area contributed by atoms with Crippen molar-refractivity contribution in [1.82, 2.24) is 4.57 Å². The van der Waals surface area contributed by atoms with Gasteiger partial charge in [-0.2, -0.15) is 0 Å². The zero-order valence-electron chi connectivity index (χ0n) is 12.7. The maximum Gasteiger partial charge on any atom is 0.263 e. The first-order chi connectivity index (χ1) is 10.1. The van der Waals surface area contributed by atoms with Gasteiger partial charge < -0.3 is 0 Å². The van der Waals surface area contributed by atoms with Crippen molar-refractivity contribution >= 4 is 18.6 Å². The molecule has 0 fully saturated rings. The van der Waals surface area contributed by atoms with E-state index in [-0.39, 0.29) is 5.56 Å². The highest BCUT2D eigenvalue weighted by atomic mass is 16.1. The van der Waals surface area contributed by atoms with Crippen LogP contribution in [0.25, 0.3) is 16.5 Å². The van der Waals surface area contributed by atoms with Crippen LogP contribution >= 0.6 is 0 Å². The quantitative estimate of drug-likeness (QED) is 0.659. The third-order valence-electron chi connectivity index (χ3n) is 4.05. The lowest BCUT2D eigenvalue weighted by molar-refractivity contribution is 0.928. The lowest BCUT2D eigenvalue weighted by Crippen LogP contribution is -2.23. The minimum absolute atomic E-state index is 0.0803. The Hall–Kier alpha value is -2.29. The average Bonchev–Trinajstić information content (AvgIpc) is 2.48. The van der Waals surface area contributed by atoms with Crippen molar-refractivity contribution in [3.63, 3.8) is 0 Å². The van der Waals surface area contributed by atoms with Crippen LogP contribution < -0.4 is 5.56 Å². The molecule has 0 aliphatic rings. The minimum Gasteiger partial charge on any atom is -0.281 e. The van der Waals surface area contributed by atoms with E-state index in [2.05, 4.69) is 13.9 Å². The summed E-state index contributed by atoms with van der Waals surface area (Å²) in [5, 5.41) is 1.85. The Morgan fingerprint density at radius 1 is 1.00 bits per heavy atom. The fourth-order valence-electron chi connectivity index (χ4n) is 2.93. The first kappa shape index (κ1) is 13.7. The zero-order valence-corrected chi connectivity index (χ0v) is 12.7. The number of benzene rings is 2. The molecule has 1 aromatic heterocycles. The van der Waals surface area contributed by atoms with Gasteiger partial charge in [-0.3, -0.25) is 9.36 Å². The van der Waals surface area contributed by atoms with Crippen molar-refractivity contribution < 1.29 is 0 Å². The molecule has 0 spiro atoms. The van der Waals surface area contributed by atoms with Gasteiger partial charge in [-0.15, -0.1) is 0 Å². The number of fused-ring (bicyclic) bond motifs is 1. The maximum atomic E-state index is 13.0. The highest BCUT2D eigenvalue weighted by Gasteiger charge is 2.12. The number of nitrogens with zero attached hydrogens (tertiary/aromatic N) is 1. The van der Waals surface area contributed by atoms with Crippen molar-refractivity contribution in [3.8, 4) is 5.69 Å². The standard InChI is InChI=1S/C18H18BNO/c1-12-6-3-4-9-16(12)20-15(11-19)10-14-8-5-7-13(2)17(14)18(20)21/h3-10H,11,19H2,1-2H3. The van der Waals surface area contributed by atoms with Crippen LogP contribution in [0.4, 0.5) is 0 Å². The van der Waals surface area contributed by atoms with Gasteiger partial charge in [0.2, 0.25) is 0 Å². The summed E-state index contributed by atoms with van der Waals surface area (Å²) in [6.45, 7) is 4.04. The fourth-order valence-corrected chi connectivity index (χ4v) is 2.93. The van der Waals surface area contributed by atoms with Crippen molar-refractivity contribution in [3.05, 3.63) is 75.7 Å². The normalized spacial score (nSPS) is 11.0. The number of pyridine rings is 1. The van der Waals surface area contributed by atoms with Crippen LogP contribution in [0, 0.1) is 13.8 Å². The lowest BCUT2D eigenvalue weighted by Gasteiger charge is -2.16. The van der Waals surface area contributed by atoms with Crippen LogP contribution in [0.1, 0.15) is 16.8 Å². The van der Waals surface area contributed by atoms with E-state index in [1.807, 2.05) is 60.9 Å². The molecule has 0 amide bonds. The summed E-state index contributed by atoms with van der Waals surface area (Å²) in [5.41, 5.74) is 4.25. The molecule has 0 radical (unpaired) electrons. The summed E-state index contributed by atoms with van der Waals surface area (Å²) in [4.78, 5) is 13.0. The van der Waals surface area contributed by atoms with Gasteiger partial charge in [-0.05, 0) is 48.8 Å². The molecule has 2 aromatic carbocycles. The van der Waals surface area contributed by atoms with E-state index in [0.29, 0.717) is 0 Å².